The normalized spacial score (nSPS) is 25.7. The Bertz CT molecular complexity index is 228. The first-order valence-electron chi connectivity index (χ1n) is 7.86. The van der Waals surface area contributed by atoms with Crippen LogP contribution in [-0.2, 0) is 0 Å². The topological polar surface area (TPSA) is 18.5 Å². The van der Waals surface area contributed by atoms with Crippen LogP contribution in [-0.4, -0.2) is 62.7 Å². The van der Waals surface area contributed by atoms with E-state index in [1.54, 1.807) is 0 Å². The zero-order chi connectivity index (χ0) is 12.8. The van der Waals surface area contributed by atoms with Crippen molar-refractivity contribution in [1.29, 1.82) is 0 Å². The molecule has 2 aliphatic rings. The average Bonchev–Trinajstić information content (AvgIpc) is 2.86. The van der Waals surface area contributed by atoms with Gasteiger partial charge in [0.1, 0.15) is 0 Å². The number of piperazine rings is 1. The minimum absolute atomic E-state index is 0.641. The highest BCUT2D eigenvalue weighted by molar-refractivity contribution is 4.85. The molecule has 1 saturated carbocycles. The van der Waals surface area contributed by atoms with Gasteiger partial charge in [0.05, 0.1) is 0 Å². The molecule has 0 aromatic heterocycles. The third-order valence-electron chi connectivity index (χ3n) is 5.11. The summed E-state index contributed by atoms with van der Waals surface area (Å²) in [5, 5.41) is 3.72. The summed E-state index contributed by atoms with van der Waals surface area (Å²) in [4.78, 5) is 5.02. The molecule has 0 aromatic carbocycles. The minimum atomic E-state index is 0.641. The van der Waals surface area contributed by atoms with Gasteiger partial charge in [-0.15, -0.1) is 0 Å². The van der Waals surface area contributed by atoms with E-state index in [1.165, 1.54) is 77.9 Å². The quantitative estimate of drug-likeness (QED) is 0.728. The number of nitrogens with one attached hydrogen (secondary N) is 1. The molecule has 2 rings (SSSR count). The molecule has 106 valence electrons. The lowest BCUT2D eigenvalue weighted by Gasteiger charge is -2.33. The Balaban J connectivity index is 1.58. The van der Waals surface area contributed by atoms with Gasteiger partial charge < -0.3 is 10.2 Å². The lowest BCUT2D eigenvalue weighted by molar-refractivity contribution is 0.152. The lowest BCUT2D eigenvalue weighted by atomic mass is 9.83. The van der Waals surface area contributed by atoms with Gasteiger partial charge in [0, 0.05) is 45.8 Å². The fourth-order valence-corrected chi connectivity index (χ4v) is 3.44. The van der Waals surface area contributed by atoms with E-state index in [0.29, 0.717) is 5.41 Å². The third-order valence-corrected chi connectivity index (χ3v) is 5.11. The molecule has 0 bridgehead atoms. The van der Waals surface area contributed by atoms with Crippen molar-refractivity contribution in [2.45, 2.75) is 39.0 Å². The molecule has 18 heavy (non-hydrogen) atoms. The molecule has 0 spiro atoms. The van der Waals surface area contributed by atoms with Crippen molar-refractivity contribution in [3.63, 3.8) is 0 Å². The average molecular weight is 253 g/mol. The van der Waals surface area contributed by atoms with Crippen LogP contribution in [0.15, 0.2) is 0 Å². The van der Waals surface area contributed by atoms with E-state index in [9.17, 15) is 0 Å². The van der Waals surface area contributed by atoms with Crippen LogP contribution in [0.3, 0.4) is 0 Å². The van der Waals surface area contributed by atoms with E-state index in [2.05, 4.69) is 29.1 Å². The van der Waals surface area contributed by atoms with Gasteiger partial charge in [0.25, 0.3) is 0 Å². The molecule has 1 aliphatic heterocycles. The maximum Gasteiger partial charge on any atom is 0.0110 e. The summed E-state index contributed by atoms with van der Waals surface area (Å²) in [6.07, 6.45) is 7.16. The first-order valence-corrected chi connectivity index (χ1v) is 7.86. The summed E-state index contributed by atoms with van der Waals surface area (Å²) >= 11 is 0. The van der Waals surface area contributed by atoms with Crippen molar-refractivity contribution in [3.8, 4) is 0 Å². The Labute approximate surface area is 113 Å². The maximum absolute atomic E-state index is 3.72. The van der Waals surface area contributed by atoms with Gasteiger partial charge in [-0.25, -0.2) is 0 Å². The molecular weight excluding hydrogens is 222 g/mol. The highest BCUT2D eigenvalue weighted by Gasteiger charge is 2.31. The zero-order valence-corrected chi connectivity index (χ0v) is 12.4. The molecule has 0 radical (unpaired) electrons. The second-order valence-corrected chi connectivity index (χ2v) is 6.38. The zero-order valence-electron chi connectivity index (χ0n) is 12.4. The number of likely N-dealkylation sites (N-methyl/N-ethyl adjacent to an activating group) is 1. The summed E-state index contributed by atoms with van der Waals surface area (Å²) < 4.78 is 0. The van der Waals surface area contributed by atoms with Gasteiger partial charge in [-0.1, -0.05) is 19.8 Å². The van der Waals surface area contributed by atoms with Gasteiger partial charge >= 0.3 is 0 Å². The number of hydrogen-bond acceptors (Lipinski definition) is 3. The van der Waals surface area contributed by atoms with Crippen molar-refractivity contribution in [2.75, 3.05) is 52.9 Å². The predicted octanol–water partition coefficient (Wildman–Crippen LogP) is 1.79. The maximum atomic E-state index is 3.72. The van der Waals surface area contributed by atoms with Gasteiger partial charge in [-0.3, -0.25) is 4.90 Å². The van der Waals surface area contributed by atoms with Crippen molar-refractivity contribution >= 4 is 0 Å². The van der Waals surface area contributed by atoms with Gasteiger partial charge in [-0.2, -0.15) is 0 Å². The molecule has 0 unspecified atom stereocenters. The van der Waals surface area contributed by atoms with E-state index in [1.807, 2.05) is 0 Å². The molecule has 0 aromatic rings. The summed E-state index contributed by atoms with van der Waals surface area (Å²) in [7, 11) is 2.22. The highest BCUT2D eigenvalue weighted by Crippen LogP contribution is 2.40. The van der Waals surface area contributed by atoms with Crippen molar-refractivity contribution in [3.05, 3.63) is 0 Å². The summed E-state index contributed by atoms with van der Waals surface area (Å²) in [5.41, 5.74) is 0.641. The Hall–Kier alpha value is -0.120. The van der Waals surface area contributed by atoms with Gasteiger partial charge in [0.2, 0.25) is 0 Å². The second-order valence-electron chi connectivity index (χ2n) is 6.38. The monoisotopic (exact) mass is 253 g/mol. The number of rotatable bonds is 6. The van der Waals surface area contributed by atoms with Crippen LogP contribution >= 0.6 is 0 Å². The Morgan fingerprint density at radius 1 is 1.06 bits per heavy atom. The van der Waals surface area contributed by atoms with E-state index in [0.717, 1.165) is 0 Å². The van der Waals surface area contributed by atoms with Crippen LogP contribution in [0.25, 0.3) is 0 Å². The SMILES string of the molecule is CCC1(CNCCN2CCN(C)CC2)CCCC1. The number of hydrogen-bond donors (Lipinski definition) is 1. The van der Waals surface area contributed by atoms with Crippen molar-refractivity contribution in [2.24, 2.45) is 5.41 Å². The van der Waals surface area contributed by atoms with Crippen LogP contribution in [0.2, 0.25) is 0 Å². The Morgan fingerprint density at radius 3 is 2.33 bits per heavy atom. The molecule has 0 atom stereocenters. The second kappa shape index (κ2) is 6.88. The highest BCUT2D eigenvalue weighted by atomic mass is 15.2. The molecule has 1 aliphatic carbocycles. The predicted molar refractivity (Wildman–Crippen MR) is 78.0 cm³/mol. The van der Waals surface area contributed by atoms with Crippen molar-refractivity contribution in [1.82, 2.24) is 15.1 Å². The number of nitrogens with zero attached hydrogens (tertiary/aromatic N) is 2. The molecule has 3 heteroatoms. The molecule has 2 fully saturated rings. The summed E-state index contributed by atoms with van der Waals surface area (Å²) in [6, 6.07) is 0. The van der Waals surface area contributed by atoms with E-state index in [4.69, 9.17) is 0 Å². The fourth-order valence-electron chi connectivity index (χ4n) is 3.44. The standard InChI is InChI=1S/C15H31N3/c1-3-15(6-4-5-7-15)14-16-8-9-18-12-10-17(2)11-13-18/h16H,3-14H2,1-2H3. The van der Waals surface area contributed by atoms with Crippen LogP contribution in [0, 0.1) is 5.41 Å². The van der Waals surface area contributed by atoms with Gasteiger partial charge in [0.15, 0.2) is 0 Å². The molecule has 1 N–H and O–H groups in total. The largest absolute Gasteiger partial charge is 0.315 e. The van der Waals surface area contributed by atoms with Crippen LogP contribution in [0.1, 0.15) is 39.0 Å². The van der Waals surface area contributed by atoms with Crippen LogP contribution < -0.4 is 5.32 Å². The van der Waals surface area contributed by atoms with Crippen molar-refractivity contribution < 1.29 is 0 Å². The fraction of sp³-hybridized carbons (Fsp3) is 1.00. The van der Waals surface area contributed by atoms with Crippen LogP contribution in [0.5, 0.6) is 0 Å². The van der Waals surface area contributed by atoms with Crippen LogP contribution in [0.4, 0.5) is 0 Å². The lowest BCUT2D eigenvalue weighted by Crippen LogP contribution is -2.47. The van der Waals surface area contributed by atoms with E-state index in [-0.39, 0.29) is 0 Å². The Morgan fingerprint density at radius 2 is 1.72 bits per heavy atom. The molecular formula is C15H31N3. The molecule has 1 saturated heterocycles. The third kappa shape index (κ3) is 3.94. The summed E-state index contributed by atoms with van der Waals surface area (Å²) in [6.45, 7) is 11.0. The first kappa shape index (κ1) is 14.3. The molecule has 1 heterocycles. The summed E-state index contributed by atoms with van der Waals surface area (Å²) in [5.74, 6) is 0. The van der Waals surface area contributed by atoms with E-state index >= 15 is 0 Å². The van der Waals surface area contributed by atoms with Gasteiger partial charge in [-0.05, 0) is 31.7 Å². The van der Waals surface area contributed by atoms with E-state index < -0.39 is 0 Å². The Kier molecular flexibility index (Phi) is 5.46. The molecule has 3 nitrogen and oxygen atoms in total. The molecule has 0 amide bonds. The minimum Gasteiger partial charge on any atom is -0.315 e. The first-order chi connectivity index (χ1) is 8.74. The smallest absolute Gasteiger partial charge is 0.0110 e.